The number of hydrogen-bond donors (Lipinski definition) is 2. The molecule has 0 aliphatic carbocycles. The molecule has 2 aromatic heterocycles. The van der Waals surface area contributed by atoms with E-state index in [1.165, 1.54) is 29.8 Å². The number of carbonyl (C=O) groups is 2. The first-order valence-electron chi connectivity index (χ1n) is 5.23. The van der Waals surface area contributed by atoms with Crippen LogP contribution in [0.25, 0.3) is 6.08 Å². The average Bonchev–Trinajstić information content (AvgIpc) is 2.85. The molecule has 6 nitrogen and oxygen atoms in total. The zero-order valence-electron chi connectivity index (χ0n) is 9.61. The van der Waals surface area contributed by atoms with Crippen molar-refractivity contribution in [3.05, 3.63) is 47.2 Å². The van der Waals surface area contributed by atoms with Crippen LogP contribution < -0.4 is 5.32 Å². The van der Waals surface area contributed by atoms with Crippen molar-refractivity contribution >= 4 is 34.4 Å². The van der Waals surface area contributed by atoms with Gasteiger partial charge in [-0.3, -0.25) is 15.1 Å². The van der Waals surface area contributed by atoms with Crippen molar-refractivity contribution in [1.82, 2.24) is 9.97 Å². The Morgan fingerprint density at radius 1 is 1.37 bits per heavy atom. The summed E-state index contributed by atoms with van der Waals surface area (Å²) in [6, 6.07) is 3.30. The molecule has 0 fully saturated rings. The normalized spacial score (nSPS) is 10.5. The van der Waals surface area contributed by atoms with Gasteiger partial charge in [0.05, 0.1) is 5.56 Å². The Balaban J connectivity index is 2.04. The van der Waals surface area contributed by atoms with Crippen molar-refractivity contribution in [2.45, 2.75) is 0 Å². The molecule has 7 heteroatoms. The van der Waals surface area contributed by atoms with Gasteiger partial charge in [-0.05, 0) is 18.2 Å². The van der Waals surface area contributed by atoms with E-state index in [1.54, 1.807) is 18.3 Å². The van der Waals surface area contributed by atoms with E-state index in [4.69, 9.17) is 5.11 Å². The predicted octanol–water partition coefficient (Wildman–Crippen LogP) is 1.89. The first kappa shape index (κ1) is 12.9. The van der Waals surface area contributed by atoms with E-state index in [0.717, 1.165) is 6.08 Å². The van der Waals surface area contributed by atoms with E-state index >= 15 is 0 Å². The minimum atomic E-state index is -1.03. The molecule has 2 N–H and O–H groups in total. The van der Waals surface area contributed by atoms with E-state index in [1.807, 2.05) is 0 Å². The van der Waals surface area contributed by atoms with E-state index in [2.05, 4.69) is 15.3 Å². The predicted molar refractivity (Wildman–Crippen MR) is 71.0 cm³/mol. The number of aliphatic carboxylic acids is 1. The Morgan fingerprint density at radius 3 is 2.89 bits per heavy atom. The fraction of sp³-hybridized carbons (Fsp3) is 0. The minimum Gasteiger partial charge on any atom is -0.478 e. The molecule has 0 saturated carbocycles. The number of hydrogen-bond acceptors (Lipinski definition) is 5. The van der Waals surface area contributed by atoms with Crippen molar-refractivity contribution in [3.63, 3.8) is 0 Å². The number of thiazole rings is 1. The lowest BCUT2D eigenvalue weighted by Gasteiger charge is -1.99. The maximum absolute atomic E-state index is 11.8. The van der Waals surface area contributed by atoms with Crippen molar-refractivity contribution in [3.8, 4) is 0 Å². The number of nitrogens with one attached hydrogen (secondary N) is 1. The molecule has 2 aromatic rings. The molecule has 1 amide bonds. The standard InChI is InChI=1S/C12H9N3O3S/c16-10(17)4-3-9-7-14-12(19-9)15-11(18)8-2-1-5-13-6-8/h1-7H,(H,16,17)(H,14,15,18). The summed E-state index contributed by atoms with van der Waals surface area (Å²) in [5.74, 6) is -1.34. The lowest BCUT2D eigenvalue weighted by molar-refractivity contribution is -0.131. The average molecular weight is 275 g/mol. The Hall–Kier alpha value is -2.54. The van der Waals surface area contributed by atoms with E-state index in [9.17, 15) is 9.59 Å². The molecule has 0 saturated heterocycles. The second-order valence-electron chi connectivity index (χ2n) is 3.44. The van der Waals surface area contributed by atoms with Crippen LogP contribution in [-0.2, 0) is 4.79 Å². The maximum atomic E-state index is 11.8. The lowest BCUT2D eigenvalue weighted by Crippen LogP contribution is -2.11. The topological polar surface area (TPSA) is 92.2 Å². The number of carbonyl (C=O) groups excluding carboxylic acids is 1. The first-order chi connectivity index (χ1) is 9.15. The van der Waals surface area contributed by atoms with Gasteiger partial charge in [0.2, 0.25) is 0 Å². The monoisotopic (exact) mass is 275 g/mol. The Morgan fingerprint density at radius 2 is 2.21 bits per heavy atom. The molecule has 0 aliphatic rings. The van der Waals surface area contributed by atoms with Crippen LogP contribution in [0.3, 0.4) is 0 Å². The summed E-state index contributed by atoms with van der Waals surface area (Å²) in [6.07, 6.45) is 6.95. The van der Waals surface area contributed by atoms with Crippen LogP contribution in [0.15, 0.2) is 36.8 Å². The fourth-order valence-electron chi connectivity index (χ4n) is 1.24. The zero-order chi connectivity index (χ0) is 13.7. The van der Waals surface area contributed by atoms with Crippen molar-refractivity contribution in [2.75, 3.05) is 5.32 Å². The van der Waals surface area contributed by atoms with Crippen LogP contribution in [0.1, 0.15) is 15.2 Å². The summed E-state index contributed by atoms with van der Waals surface area (Å²) in [5, 5.41) is 11.5. The Labute approximate surface area is 112 Å². The molecular formula is C12H9N3O3S. The number of anilines is 1. The third kappa shape index (κ3) is 3.71. The second-order valence-corrected chi connectivity index (χ2v) is 4.50. The maximum Gasteiger partial charge on any atom is 0.328 e. The van der Waals surface area contributed by atoms with Gasteiger partial charge in [0, 0.05) is 29.5 Å². The number of carboxylic acids is 1. The number of pyridine rings is 1. The van der Waals surface area contributed by atoms with Gasteiger partial charge in [-0.15, -0.1) is 0 Å². The highest BCUT2D eigenvalue weighted by atomic mass is 32.1. The van der Waals surface area contributed by atoms with Crippen molar-refractivity contribution in [1.29, 1.82) is 0 Å². The first-order valence-corrected chi connectivity index (χ1v) is 6.05. The largest absolute Gasteiger partial charge is 0.478 e. The molecule has 96 valence electrons. The van der Waals surface area contributed by atoms with E-state index < -0.39 is 5.97 Å². The van der Waals surface area contributed by atoms with Crippen LogP contribution in [-0.4, -0.2) is 27.0 Å². The molecule has 0 atom stereocenters. The van der Waals surface area contributed by atoms with Crippen LogP contribution in [0.2, 0.25) is 0 Å². The molecule has 19 heavy (non-hydrogen) atoms. The summed E-state index contributed by atoms with van der Waals surface area (Å²) < 4.78 is 0. The lowest BCUT2D eigenvalue weighted by atomic mass is 10.3. The van der Waals surface area contributed by atoms with Gasteiger partial charge in [0.25, 0.3) is 5.91 Å². The van der Waals surface area contributed by atoms with Gasteiger partial charge in [-0.2, -0.15) is 0 Å². The minimum absolute atomic E-state index is 0.309. The molecule has 0 bridgehead atoms. The molecule has 0 aliphatic heterocycles. The van der Waals surface area contributed by atoms with Gasteiger partial charge in [-0.1, -0.05) is 11.3 Å². The van der Waals surface area contributed by atoms with Crippen LogP contribution in [0.4, 0.5) is 5.13 Å². The third-order valence-electron chi connectivity index (χ3n) is 2.06. The third-order valence-corrected chi connectivity index (χ3v) is 2.94. The van der Waals surface area contributed by atoms with Gasteiger partial charge in [0.1, 0.15) is 0 Å². The van der Waals surface area contributed by atoms with Crippen LogP contribution in [0, 0.1) is 0 Å². The van der Waals surface area contributed by atoms with Crippen LogP contribution in [0.5, 0.6) is 0 Å². The summed E-state index contributed by atoms with van der Waals surface area (Å²) in [6.45, 7) is 0. The molecule has 0 spiro atoms. The fourth-order valence-corrected chi connectivity index (χ4v) is 1.96. The SMILES string of the molecule is O=C(O)C=Cc1cnc(NC(=O)c2cccnc2)s1. The smallest absolute Gasteiger partial charge is 0.328 e. The number of aromatic nitrogens is 2. The molecule has 0 aromatic carbocycles. The number of rotatable bonds is 4. The number of nitrogens with zero attached hydrogens (tertiary/aromatic N) is 2. The molecule has 0 radical (unpaired) electrons. The van der Waals surface area contributed by atoms with Crippen molar-refractivity contribution in [2.24, 2.45) is 0 Å². The molecular weight excluding hydrogens is 266 g/mol. The van der Waals surface area contributed by atoms with Gasteiger partial charge in [-0.25, -0.2) is 9.78 Å². The zero-order valence-corrected chi connectivity index (χ0v) is 10.4. The number of carboxylic acid groups (broad SMARTS) is 1. The molecule has 0 unspecified atom stereocenters. The molecule has 2 heterocycles. The van der Waals surface area contributed by atoms with E-state index in [-0.39, 0.29) is 5.91 Å². The summed E-state index contributed by atoms with van der Waals surface area (Å²) in [4.78, 5) is 30.6. The highest BCUT2D eigenvalue weighted by Crippen LogP contribution is 2.19. The van der Waals surface area contributed by atoms with Gasteiger partial charge in [0.15, 0.2) is 5.13 Å². The summed E-state index contributed by atoms with van der Waals surface area (Å²) in [7, 11) is 0. The quantitative estimate of drug-likeness (QED) is 0.831. The highest BCUT2D eigenvalue weighted by Gasteiger charge is 2.08. The second kappa shape index (κ2) is 5.87. The van der Waals surface area contributed by atoms with E-state index in [0.29, 0.717) is 15.6 Å². The van der Waals surface area contributed by atoms with Gasteiger partial charge >= 0.3 is 5.97 Å². The summed E-state index contributed by atoms with van der Waals surface area (Å²) in [5.41, 5.74) is 0.431. The Kier molecular flexibility index (Phi) is 3.99. The highest BCUT2D eigenvalue weighted by molar-refractivity contribution is 7.16. The molecule has 2 rings (SSSR count). The van der Waals surface area contributed by atoms with Crippen molar-refractivity contribution < 1.29 is 14.7 Å². The van der Waals surface area contributed by atoms with Gasteiger partial charge < -0.3 is 5.11 Å². The van der Waals surface area contributed by atoms with Crippen LogP contribution >= 0.6 is 11.3 Å². The summed E-state index contributed by atoms with van der Waals surface area (Å²) >= 11 is 1.18. The Bertz CT molecular complexity index is 622. The number of amides is 1.